The molecule has 6 rings (SSSR count). The van der Waals surface area contributed by atoms with E-state index >= 15 is 0 Å². The van der Waals surface area contributed by atoms with Crippen LogP contribution in [0.3, 0.4) is 0 Å². The fraction of sp³-hybridized carbons (Fsp3) is 0.897. The van der Waals surface area contributed by atoms with E-state index in [1.807, 2.05) is 0 Å². The molecular weight excluding hydrogens is 492 g/mol. The van der Waals surface area contributed by atoms with Crippen LogP contribution in [0.2, 0.25) is 0 Å². The number of ether oxygens (including phenoxy) is 3. The number of hydrogen-bond donors (Lipinski definition) is 5. The minimum atomic E-state index is -1.44. The van der Waals surface area contributed by atoms with Gasteiger partial charge in [0.25, 0.3) is 0 Å². The molecule has 0 aromatic carbocycles. The molecule has 1 saturated heterocycles. The van der Waals surface area contributed by atoms with Crippen LogP contribution in [0, 0.1) is 34.5 Å². The summed E-state index contributed by atoms with van der Waals surface area (Å²) in [6.07, 6.45) is 3.41. The third kappa shape index (κ3) is 3.87. The van der Waals surface area contributed by atoms with Crippen LogP contribution in [0.4, 0.5) is 0 Å². The fourth-order valence-corrected chi connectivity index (χ4v) is 9.86. The number of aliphatic hydroxyl groups is 5. The van der Waals surface area contributed by atoms with Gasteiger partial charge in [-0.25, -0.2) is 4.79 Å². The summed E-state index contributed by atoms with van der Waals surface area (Å²) < 4.78 is 17.0. The molecule has 6 aliphatic rings. The first-order valence-electron chi connectivity index (χ1n) is 14.6. The Bertz CT molecular complexity index is 968. The quantitative estimate of drug-likeness (QED) is 0.266. The van der Waals surface area contributed by atoms with Gasteiger partial charge in [0.15, 0.2) is 6.29 Å². The van der Waals surface area contributed by atoms with Crippen LogP contribution in [-0.2, 0) is 19.0 Å². The predicted octanol–water partition coefficient (Wildman–Crippen LogP) is 1.43. The molecule has 13 atom stereocenters. The molecule has 9 heteroatoms. The zero-order chi connectivity index (χ0) is 27.0. The Labute approximate surface area is 224 Å². The van der Waals surface area contributed by atoms with Crippen molar-refractivity contribution in [1.82, 2.24) is 0 Å². The van der Waals surface area contributed by atoms with Crippen molar-refractivity contribution in [1.29, 1.82) is 0 Å². The average Bonchev–Trinajstić information content (AvgIpc) is 3.44. The van der Waals surface area contributed by atoms with Gasteiger partial charge in [-0.15, -0.1) is 0 Å². The number of aliphatic hydroxyl groups excluding tert-OH is 4. The van der Waals surface area contributed by atoms with Crippen LogP contribution >= 0.6 is 0 Å². The van der Waals surface area contributed by atoms with Crippen molar-refractivity contribution >= 4 is 5.97 Å². The third-order valence-corrected chi connectivity index (χ3v) is 12.1. The number of hydrogen-bond acceptors (Lipinski definition) is 9. The summed E-state index contributed by atoms with van der Waals surface area (Å²) in [5.74, 6) is 0.994. The Morgan fingerprint density at radius 1 is 0.974 bits per heavy atom. The van der Waals surface area contributed by atoms with Crippen molar-refractivity contribution in [3.63, 3.8) is 0 Å². The number of rotatable bonds is 4. The highest BCUT2D eigenvalue weighted by Crippen LogP contribution is 2.70. The fourth-order valence-electron chi connectivity index (χ4n) is 9.86. The SMILES string of the molecule is C[C@]12CC[C@H](O[C@H]3O[C@H](CO)[C@@H](O)[C@@H](O)[C@H]3O)C[C@@H]1CC[C@@H]1[C@@H]2CC[C@]2(C)[C@@H](C3=CC(=O)OC3)CC[C@]12O. The summed E-state index contributed by atoms with van der Waals surface area (Å²) in [5.41, 5.74) is 0.141. The van der Waals surface area contributed by atoms with Gasteiger partial charge < -0.3 is 39.7 Å². The van der Waals surface area contributed by atoms with Crippen LogP contribution in [0.1, 0.15) is 71.6 Å². The third-order valence-electron chi connectivity index (χ3n) is 12.1. The molecule has 0 spiro atoms. The summed E-state index contributed by atoms with van der Waals surface area (Å²) in [4.78, 5) is 11.8. The van der Waals surface area contributed by atoms with E-state index in [-0.39, 0.29) is 34.7 Å². The van der Waals surface area contributed by atoms with E-state index in [2.05, 4.69) is 13.8 Å². The molecule has 38 heavy (non-hydrogen) atoms. The number of carbonyl (C=O) groups excluding carboxylic acids is 1. The normalized spacial score (nSPS) is 54.5. The molecule has 4 aliphatic carbocycles. The first-order chi connectivity index (χ1) is 18.0. The van der Waals surface area contributed by atoms with Gasteiger partial charge in [-0.1, -0.05) is 13.8 Å². The van der Waals surface area contributed by atoms with Gasteiger partial charge in [-0.05, 0) is 92.4 Å². The van der Waals surface area contributed by atoms with Crippen LogP contribution < -0.4 is 0 Å². The second-order valence-corrected chi connectivity index (χ2v) is 13.5. The minimum absolute atomic E-state index is 0.0823. The lowest BCUT2D eigenvalue weighted by Gasteiger charge is -2.64. The molecular formula is C29H44O9. The molecule has 2 aliphatic heterocycles. The van der Waals surface area contributed by atoms with Gasteiger partial charge in [0.1, 0.15) is 31.0 Å². The maximum Gasteiger partial charge on any atom is 0.331 e. The zero-order valence-corrected chi connectivity index (χ0v) is 22.5. The molecule has 4 saturated carbocycles. The molecule has 5 fully saturated rings. The second-order valence-electron chi connectivity index (χ2n) is 13.5. The summed E-state index contributed by atoms with van der Waals surface area (Å²) in [5, 5.41) is 52.6. The van der Waals surface area contributed by atoms with Crippen LogP contribution in [0.25, 0.3) is 0 Å². The second kappa shape index (κ2) is 9.50. The lowest BCUT2D eigenvalue weighted by Crippen LogP contribution is -2.63. The van der Waals surface area contributed by atoms with Crippen LogP contribution in [-0.4, -0.2) is 87.1 Å². The van der Waals surface area contributed by atoms with Crippen molar-refractivity contribution in [3.8, 4) is 0 Å². The Morgan fingerprint density at radius 3 is 2.47 bits per heavy atom. The minimum Gasteiger partial charge on any atom is -0.458 e. The molecule has 214 valence electrons. The summed E-state index contributed by atoms with van der Waals surface area (Å²) in [6, 6.07) is 0. The molecule has 5 N–H and O–H groups in total. The molecule has 0 aromatic rings. The molecule has 2 heterocycles. The Hall–Kier alpha value is -1.07. The van der Waals surface area contributed by atoms with Crippen molar-refractivity contribution in [2.45, 2.75) is 114 Å². The molecule has 0 bridgehead atoms. The standard InChI is InChI=1S/C29H44O9/c1-27-8-5-17(37-26-25(34)24(33)23(32)21(13-30)38-26)12-16(27)3-4-20-19(27)6-9-28(2)18(7-10-29(20,28)35)15-11-22(31)36-14-15/h11,16-21,23-26,30,32-35H,3-10,12-14H2,1-2H3/t16-,17-,18+,19-,20+,21+,23+,24+,25+,26-,27-,28+,29-/m0/s1. The smallest absolute Gasteiger partial charge is 0.331 e. The molecule has 0 aromatic heterocycles. The highest BCUT2D eigenvalue weighted by atomic mass is 16.7. The van der Waals surface area contributed by atoms with E-state index in [1.54, 1.807) is 6.08 Å². The van der Waals surface area contributed by atoms with Gasteiger partial charge in [0, 0.05) is 11.5 Å². The highest BCUT2D eigenvalue weighted by molar-refractivity contribution is 5.85. The van der Waals surface area contributed by atoms with Gasteiger partial charge in [-0.3, -0.25) is 0 Å². The first kappa shape index (κ1) is 27.1. The van der Waals surface area contributed by atoms with E-state index in [1.165, 1.54) is 0 Å². The van der Waals surface area contributed by atoms with E-state index < -0.39 is 42.9 Å². The van der Waals surface area contributed by atoms with Crippen molar-refractivity contribution in [2.75, 3.05) is 13.2 Å². The predicted molar refractivity (Wildman–Crippen MR) is 134 cm³/mol. The zero-order valence-electron chi connectivity index (χ0n) is 22.5. The Kier molecular flexibility index (Phi) is 6.78. The number of cyclic esters (lactones) is 1. The van der Waals surface area contributed by atoms with Crippen molar-refractivity contribution < 1.29 is 44.5 Å². The van der Waals surface area contributed by atoms with Crippen molar-refractivity contribution in [3.05, 3.63) is 11.6 Å². The van der Waals surface area contributed by atoms with E-state index in [4.69, 9.17) is 14.2 Å². The Balaban J connectivity index is 1.15. The van der Waals surface area contributed by atoms with Gasteiger partial charge in [0.2, 0.25) is 0 Å². The lowest BCUT2D eigenvalue weighted by molar-refractivity contribution is -0.317. The molecule has 9 nitrogen and oxygen atoms in total. The maximum absolute atomic E-state index is 12.4. The molecule has 0 radical (unpaired) electrons. The average molecular weight is 537 g/mol. The van der Waals surface area contributed by atoms with Gasteiger partial charge in [-0.2, -0.15) is 0 Å². The van der Waals surface area contributed by atoms with Crippen molar-refractivity contribution in [2.24, 2.45) is 34.5 Å². The summed E-state index contributed by atoms with van der Waals surface area (Å²) in [7, 11) is 0. The number of fused-ring (bicyclic) bond motifs is 5. The van der Waals surface area contributed by atoms with E-state index in [0.717, 1.165) is 63.4 Å². The molecule has 0 unspecified atom stereocenters. The topological polar surface area (TPSA) is 146 Å². The molecule has 0 amide bonds. The maximum atomic E-state index is 12.4. The first-order valence-corrected chi connectivity index (χ1v) is 14.6. The van der Waals surface area contributed by atoms with E-state index in [0.29, 0.717) is 18.4 Å². The summed E-state index contributed by atoms with van der Waals surface area (Å²) >= 11 is 0. The largest absolute Gasteiger partial charge is 0.458 e. The van der Waals surface area contributed by atoms with Gasteiger partial charge >= 0.3 is 5.97 Å². The monoisotopic (exact) mass is 536 g/mol. The lowest BCUT2D eigenvalue weighted by atomic mass is 9.43. The number of esters is 1. The van der Waals surface area contributed by atoms with Gasteiger partial charge in [0.05, 0.1) is 18.3 Å². The van der Waals surface area contributed by atoms with Crippen LogP contribution in [0.15, 0.2) is 11.6 Å². The number of carbonyl (C=O) groups is 1. The Morgan fingerprint density at radius 2 is 1.76 bits per heavy atom. The summed E-state index contributed by atoms with van der Waals surface area (Å²) in [6.45, 7) is 4.52. The highest BCUT2D eigenvalue weighted by Gasteiger charge is 2.67. The van der Waals surface area contributed by atoms with Crippen LogP contribution in [0.5, 0.6) is 0 Å². The van der Waals surface area contributed by atoms with E-state index in [9.17, 15) is 30.3 Å².